The highest BCUT2D eigenvalue weighted by molar-refractivity contribution is 5.95. The molecular formula is C14H22N4O3. The summed E-state index contributed by atoms with van der Waals surface area (Å²) in [5, 5.41) is 6.26. The van der Waals surface area contributed by atoms with Gasteiger partial charge in [-0.3, -0.25) is 9.59 Å². The van der Waals surface area contributed by atoms with Crippen molar-refractivity contribution in [3.63, 3.8) is 0 Å². The highest BCUT2D eigenvalue weighted by Gasteiger charge is 2.37. The minimum absolute atomic E-state index is 0.0519. The molecule has 1 heterocycles. The van der Waals surface area contributed by atoms with Gasteiger partial charge in [0, 0.05) is 13.1 Å². The Kier molecular flexibility index (Phi) is 4.62. The zero-order valence-electron chi connectivity index (χ0n) is 12.5. The normalized spacial score (nSPS) is 17.3. The van der Waals surface area contributed by atoms with E-state index in [0.717, 1.165) is 19.3 Å². The second-order valence-corrected chi connectivity index (χ2v) is 5.75. The molecule has 0 atom stereocenters. The molecule has 0 aromatic carbocycles. The van der Waals surface area contributed by atoms with E-state index in [1.54, 1.807) is 20.0 Å². The molecule has 1 fully saturated rings. The molecule has 0 radical (unpaired) electrons. The fraction of sp³-hybridized carbons (Fsp3) is 0.643. The van der Waals surface area contributed by atoms with E-state index in [9.17, 15) is 9.59 Å². The van der Waals surface area contributed by atoms with Crippen LogP contribution in [0.3, 0.4) is 0 Å². The summed E-state index contributed by atoms with van der Waals surface area (Å²) in [6.45, 7) is 1.68. The number of nitrogens with two attached hydrogens (primary N) is 1. The van der Waals surface area contributed by atoms with Crippen molar-refractivity contribution < 1.29 is 14.1 Å². The molecule has 2 rings (SSSR count). The predicted octanol–water partition coefficient (Wildman–Crippen LogP) is 1.04. The first-order chi connectivity index (χ1) is 9.90. The second-order valence-electron chi connectivity index (χ2n) is 5.75. The smallest absolute Gasteiger partial charge is 0.245 e. The third-order valence-corrected chi connectivity index (χ3v) is 3.79. The van der Waals surface area contributed by atoms with E-state index in [2.05, 4.69) is 10.5 Å². The Balaban J connectivity index is 1.89. The fourth-order valence-corrected chi connectivity index (χ4v) is 2.67. The van der Waals surface area contributed by atoms with E-state index in [-0.39, 0.29) is 18.4 Å². The lowest BCUT2D eigenvalue weighted by atomic mass is 9.81. The van der Waals surface area contributed by atoms with Crippen molar-refractivity contribution in [3.8, 4) is 0 Å². The summed E-state index contributed by atoms with van der Waals surface area (Å²) in [5.74, 6) is 0.462. The summed E-state index contributed by atoms with van der Waals surface area (Å²) in [7, 11) is 1.60. The number of aryl methyl sites for hydroxylation is 1. The number of aromatic nitrogens is 1. The molecular weight excluding hydrogens is 272 g/mol. The molecule has 7 heteroatoms. The lowest BCUT2D eigenvalue weighted by Gasteiger charge is -2.35. The van der Waals surface area contributed by atoms with Crippen LogP contribution in [0.15, 0.2) is 10.6 Å². The summed E-state index contributed by atoms with van der Waals surface area (Å²) < 4.78 is 4.86. The average molecular weight is 294 g/mol. The first-order valence-electron chi connectivity index (χ1n) is 7.18. The third kappa shape index (κ3) is 3.81. The number of carbonyl (C=O) groups excluding carboxylic acids is 2. The maximum atomic E-state index is 12.4. The number of nitrogens with one attached hydrogen (secondary N) is 1. The number of likely N-dealkylation sites (N-methyl/N-ethyl adjacent to an activating group) is 1. The van der Waals surface area contributed by atoms with Gasteiger partial charge in [0.25, 0.3) is 0 Å². The minimum atomic E-state index is -0.822. The minimum Gasteiger partial charge on any atom is -0.360 e. The van der Waals surface area contributed by atoms with Crippen LogP contribution in [0.25, 0.3) is 0 Å². The van der Waals surface area contributed by atoms with Crippen molar-refractivity contribution in [2.45, 2.75) is 44.6 Å². The molecule has 1 aromatic heterocycles. The monoisotopic (exact) mass is 294 g/mol. The van der Waals surface area contributed by atoms with Crippen LogP contribution >= 0.6 is 0 Å². The third-order valence-electron chi connectivity index (χ3n) is 3.79. The van der Waals surface area contributed by atoms with Crippen LogP contribution in [0, 0.1) is 6.92 Å². The van der Waals surface area contributed by atoms with Crippen LogP contribution < -0.4 is 11.1 Å². The lowest BCUT2D eigenvalue weighted by molar-refractivity contribution is -0.139. The van der Waals surface area contributed by atoms with Crippen LogP contribution in [0.4, 0.5) is 5.82 Å². The van der Waals surface area contributed by atoms with Gasteiger partial charge in [0.05, 0.1) is 12.1 Å². The summed E-state index contributed by atoms with van der Waals surface area (Å²) in [5.41, 5.74) is 5.36. The van der Waals surface area contributed by atoms with Crippen LogP contribution in [0.5, 0.6) is 0 Å². The van der Waals surface area contributed by atoms with Crippen LogP contribution in [-0.4, -0.2) is 41.0 Å². The molecule has 116 valence electrons. The van der Waals surface area contributed by atoms with E-state index >= 15 is 0 Å². The first-order valence-corrected chi connectivity index (χ1v) is 7.18. The van der Waals surface area contributed by atoms with Gasteiger partial charge >= 0.3 is 0 Å². The Morgan fingerprint density at radius 3 is 2.67 bits per heavy atom. The molecule has 3 N–H and O–H groups in total. The molecule has 21 heavy (non-hydrogen) atoms. The number of amides is 2. The van der Waals surface area contributed by atoms with Gasteiger partial charge in [-0.25, -0.2) is 0 Å². The van der Waals surface area contributed by atoms with E-state index in [1.165, 1.54) is 4.90 Å². The number of hydrogen-bond acceptors (Lipinski definition) is 5. The summed E-state index contributed by atoms with van der Waals surface area (Å²) in [6.07, 6.45) is 4.39. The van der Waals surface area contributed by atoms with Crippen molar-refractivity contribution in [2.24, 2.45) is 5.73 Å². The van der Waals surface area contributed by atoms with E-state index in [4.69, 9.17) is 10.3 Å². The van der Waals surface area contributed by atoms with Crippen LogP contribution in [-0.2, 0) is 9.59 Å². The molecule has 0 bridgehead atoms. The maximum Gasteiger partial charge on any atom is 0.245 e. The summed E-state index contributed by atoms with van der Waals surface area (Å²) >= 11 is 0. The molecule has 0 aliphatic heterocycles. The van der Waals surface area contributed by atoms with E-state index in [1.807, 2.05) is 0 Å². The Morgan fingerprint density at radius 1 is 1.43 bits per heavy atom. The molecule has 1 aliphatic carbocycles. The Bertz CT molecular complexity index is 520. The molecule has 7 nitrogen and oxygen atoms in total. The fourth-order valence-electron chi connectivity index (χ4n) is 2.67. The topological polar surface area (TPSA) is 101 Å². The standard InChI is InChI=1S/C14H22N4O3/c1-10-8-11(17-21-10)16-12(19)9-18(2)13(20)14(15)6-4-3-5-7-14/h8H,3-7,9,15H2,1-2H3,(H,16,17,19). The van der Waals surface area contributed by atoms with Crippen molar-refractivity contribution >= 4 is 17.6 Å². The molecule has 1 saturated carbocycles. The van der Waals surface area contributed by atoms with Gasteiger partial charge < -0.3 is 20.5 Å². The van der Waals surface area contributed by atoms with Crippen molar-refractivity contribution in [1.29, 1.82) is 0 Å². The Hall–Kier alpha value is -1.89. The highest BCUT2D eigenvalue weighted by Crippen LogP contribution is 2.27. The lowest BCUT2D eigenvalue weighted by Crippen LogP contribution is -2.56. The number of nitrogens with zero attached hydrogens (tertiary/aromatic N) is 2. The average Bonchev–Trinajstić information content (AvgIpc) is 2.83. The zero-order valence-corrected chi connectivity index (χ0v) is 12.5. The Morgan fingerprint density at radius 2 is 2.10 bits per heavy atom. The SMILES string of the molecule is Cc1cc(NC(=O)CN(C)C(=O)C2(N)CCCCC2)no1. The molecule has 0 spiro atoms. The molecule has 0 saturated heterocycles. The number of carbonyl (C=O) groups is 2. The highest BCUT2D eigenvalue weighted by atomic mass is 16.5. The Labute approximate surface area is 123 Å². The molecule has 2 amide bonds. The van der Waals surface area contributed by atoms with Crippen LogP contribution in [0.1, 0.15) is 37.9 Å². The maximum absolute atomic E-state index is 12.4. The van der Waals surface area contributed by atoms with Gasteiger partial charge in [-0.1, -0.05) is 24.4 Å². The number of anilines is 1. The van der Waals surface area contributed by atoms with E-state index < -0.39 is 5.54 Å². The number of hydrogen-bond donors (Lipinski definition) is 2. The summed E-state index contributed by atoms with van der Waals surface area (Å²) in [6, 6.07) is 1.62. The van der Waals surface area contributed by atoms with Crippen LogP contribution in [0.2, 0.25) is 0 Å². The van der Waals surface area contributed by atoms with Gasteiger partial charge in [0.2, 0.25) is 11.8 Å². The van der Waals surface area contributed by atoms with Gasteiger partial charge in [-0.05, 0) is 19.8 Å². The van der Waals surface area contributed by atoms with Crippen molar-refractivity contribution in [2.75, 3.05) is 18.9 Å². The van der Waals surface area contributed by atoms with E-state index in [0.29, 0.717) is 24.4 Å². The second kappa shape index (κ2) is 6.26. The van der Waals surface area contributed by atoms with Gasteiger partial charge in [-0.2, -0.15) is 0 Å². The first kappa shape index (κ1) is 15.5. The zero-order chi connectivity index (χ0) is 15.5. The largest absolute Gasteiger partial charge is 0.360 e. The van der Waals surface area contributed by atoms with Gasteiger partial charge in [0.1, 0.15) is 5.76 Å². The van der Waals surface area contributed by atoms with Gasteiger partial charge in [-0.15, -0.1) is 0 Å². The van der Waals surface area contributed by atoms with Gasteiger partial charge in [0.15, 0.2) is 5.82 Å². The molecule has 0 unspecified atom stereocenters. The van der Waals surface area contributed by atoms with Crippen molar-refractivity contribution in [1.82, 2.24) is 10.1 Å². The molecule has 1 aromatic rings. The quantitative estimate of drug-likeness (QED) is 0.864. The predicted molar refractivity (Wildman–Crippen MR) is 77.5 cm³/mol. The van der Waals surface area contributed by atoms with Crippen molar-refractivity contribution in [3.05, 3.63) is 11.8 Å². The number of rotatable bonds is 4. The molecule has 1 aliphatic rings. The summed E-state index contributed by atoms with van der Waals surface area (Å²) in [4.78, 5) is 25.7.